The molecular weight excluding hydrogens is 392 g/mol. The van der Waals surface area contributed by atoms with Crippen molar-refractivity contribution in [2.24, 2.45) is 0 Å². The molecule has 106 valence electrons. The van der Waals surface area contributed by atoms with Crippen LogP contribution < -0.4 is 4.72 Å². The first-order chi connectivity index (χ1) is 9.28. The van der Waals surface area contributed by atoms with Crippen LogP contribution in [-0.2, 0) is 10.0 Å². The largest absolute Gasteiger partial charge is 0.279 e. The molecule has 0 amide bonds. The Hall–Kier alpha value is -1.16. The Morgan fingerprint density at radius 3 is 2.55 bits per heavy atom. The summed E-state index contributed by atoms with van der Waals surface area (Å²) in [5.74, 6) is 0. The fourth-order valence-electron chi connectivity index (χ4n) is 1.39. The van der Waals surface area contributed by atoms with E-state index < -0.39 is 14.9 Å². The van der Waals surface area contributed by atoms with Crippen LogP contribution in [-0.4, -0.2) is 13.3 Å². The van der Waals surface area contributed by atoms with Gasteiger partial charge in [-0.05, 0) is 12.1 Å². The number of nitrogens with one attached hydrogen (secondary N) is 1. The Morgan fingerprint density at radius 2 is 2.00 bits per heavy atom. The van der Waals surface area contributed by atoms with Gasteiger partial charge in [-0.25, -0.2) is 8.42 Å². The lowest BCUT2D eigenvalue weighted by Gasteiger charge is -2.06. The molecule has 0 aliphatic rings. The summed E-state index contributed by atoms with van der Waals surface area (Å²) in [4.78, 5) is 9.88. The molecular formula is C10H6BrClN2O4S2. The highest BCUT2D eigenvalue weighted by molar-refractivity contribution is 9.10. The highest BCUT2D eigenvalue weighted by atomic mass is 79.9. The summed E-state index contributed by atoms with van der Waals surface area (Å²) in [6, 6.07) is 4.95. The van der Waals surface area contributed by atoms with Gasteiger partial charge in [-0.15, -0.1) is 11.3 Å². The number of thiophene rings is 1. The summed E-state index contributed by atoms with van der Waals surface area (Å²) in [5, 5.41) is 12.3. The Kier molecular flexibility index (Phi) is 4.33. The van der Waals surface area contributed by atoms with Gasteiger partial charge in [-0.2, -0.15) is 0 Å². The molecule has 0 aliphatic carbocycles. The highest BCUT2D eigenvalue weighted by Gasteiger charge is 2.19. The van der Waals surface area contributed by atoms with Crippen molar-refractivity contribution in [2.75, 3.05) is 4.72 Å². The van der Waals surface area contributed by atoms with Crippen molar-refractivity contribution < 1.29 is 13.3 Å². The molecule has 0 aliphatic heterocycles. The summed E-state index contributed by atoms with van der Waals surface area (Å²) in [6.45, 7) is 0. The molecule has 1 heterocycles. The van der Waals surface area contributed by atoms with Gasteiger partial charge >= 0.3 is 0 Å². The summed E-state index contributed by atoms with van der Waals surface area (Å²) in [6.07, 6.45) is 0. The maximum absolute atomic E-state index is 12.1. The van der Waals surface area contributed by atoms with Crippen molar-refractivity contribution in [3.05, 3.63) is 48.6 Å². The smallest absolute Gasteiger partial charge is 0.271 e. The molecule has 2 aromatic rings. The van der Waals surface area contributed by atoms with E-state index in [1.54, 1.807) is 0 Å². The van der Waals surface area contributed by atoms with Gasteiger partial charge in [0.1, 0.15) is 0 Å². The van der Waals surface area contributed by atoms with Crippen molar-refractivity contribution in [1.29, 1.82) is 0 Å². The molecule has 1 aromatic heterocycles. The number of nitrogens with zero attached hydrogens (tertiary/aromatic N) is 1. The van der Waals surface area contributed by atoms with Crippen molar-refractivity contribution in [1.82, 2.24) is 0 Å². The lowest BCUT2D eigenvalue weighted by Crippen LogP contribution is -2.12. The molecule has 0 unspecified atom stereocenters. The number of nitro groups is 1. The number of anilines is 1. The van der Waals surface area contributed by atoms with E-state index in [0.717, 1.165) is 6.07 Å². The number of hydrogen-bond acceptors (Lipinski definition) is 5. The maximum atomic E-state index is 12.1. The van der Waals surface area contributed by atoms with Crippen LogP contribution >= 0.6 is 38.9 Å². The Bertz CT molecular complexity index is 775. The first kappa shape index (κ1) is 15.2. The van der Waals surface area contributed by atoms with Crippen LogP contribution in [0.15, 0.2) is 39.0 Å². The summed E-state index contributed by atoms with van der Waals surface area (Å²) in [5.41, 5.74) is -0.00858. The van der Waals surface area contributed by atoms with Crippen LogP contribution in [0.1, 0.15) is 0 Å². The monoisotopic (exact) mass is 396 g/mol. The van der Waals surface area contributed by atoms with Gasteiger partial charge in [0.05, 0.1) is 19.8 Å². The molecule has 1 N–H and O–H groups in total. The average Bonchev–Trinajstić information content (AvgIpc) is 2.73. The van der Waals surface area contributed by atoms with Crippen molar-refractivity contribution in [3.8, 4) is 0 Å². The molecule has 0 radical (unpaired) electrons. The van der Waals surface area contributed by atoms with Crippen LogP contribution in [0.5, 0.6) is 0 Å². The molecule has 0 bridgehead atoms. The predicted molar refractivity (Wildman–Crippen MR) is 80.9 cm³/mol. The standard InChI is InChI=1S/C10H6BrClN2O4S2/c11-6-1-8(14(15)16)4-9(2-6)20(17,18)13-7-3-10(12)19-5-7/h1-5,13H. The Balaban J connectivity index is 2.41. The van der Waals surface area contributed by atoms with E-state index in [4.69, 9.17) is 11.6 Å². The van der Waals surface area contributed by atoms with Gasteiger partial charge in [0, 0.05) is 22.0 Å². The summed E-state index contributed by atoms with van der Waals surface area (Å²) >= 11 is 9.93. The van der Waals surface area contributed by atoms with Gasteiger partial charge in [0.15, 0.2) is 0 Å². The van der Waals surface area contributed by atoms with E-state index in [0.29, 0.717) is 14.5 Å². The molecule has 0 saturated heterocycles. The number of benzene rings is 1. The number of hydrogen-bond donors (Lipinski definition) is 1. The van der Waals surface area contributed by atoms with Gasteiger partial charge < -0.3 is 0 Å². The zero-order valence-electron chi connectivity index (χ0n) is 9.54. The van der Waals surface area contributed by atoms with Crippen LogP contribution in [0, 0.1) is 10.1 Å². The lowest BCUT2D eigenvalue weighted by atomic mass is 10.3. The minimum absolute atomic E-state index is 0.208. The lowest BCUT2D eigenvalue weighted by molar-refractivity contribution is -0.385. The van der Waals surface area contributed by atoms with Crippen molar-refractivity contribution >= 4 is 60.3 Å². The molecule has 0 atom stereocenters. The maximum Gasteiger partial charge on any atom is 0.271 e. The normalized spacial score (nSPS) is 11.3. The van der Waals surface area contributed by atoms with Gasteiger partial charge in [0.25, 0.3) is 15.7 Å². The first-order valence-corrected chi connectivity index (χ1v) is 8.53. The molecule has 0 spiro atoms. The number of non-ortho nitro benzene ring substituents is 1. The quantitative estimate of drug-likeness (QED) is 0.626. The van der Waals surface area contributed by atoms with Gasteiger partial charge in [0.2, 0.25) is 0 Å². The predicted octanol–water partition coefficient (Wildman–Crippen LogP) is 3.87. The van der Waals surface area contributed by atoms with Gasteiger partial charge in [-0.3, -0.25) is 14.8 Å². The van der Waals surface area contributed by atoms with Crippen LogP contribution in [0.2, 0.25) is 4.34 Å². The second-order valence-corrected chi connectivity index (χ2v) is 7.79. The minimum Gasteiger partial charge on any atom is -0.279 e. The minimum atomic E-state index is -3.91. The third kappa shape index (κ3) is 3.48. The number of rotatable bonds is 4. The fraction of sp³-hybridized carbons (Fsp3) is 0. The third-order valence-electron chi connectivity index (χ3n) is 2.20. The molecule has 1 aromatic carbocycles. The molecule has 2 rings (SSSR count). The van der Waals surface area contributed by atoms with E-state index in [-0.39, 0.29) is 10.6 Å². The van der Waals surface area contributed by atoms with Crippen molar-refractivity contribution in [3.63, 3.8) is 0 Å². The second kappa shape index (κ2) is 5.68. The molecule has 20 heavy (non-hydrogen) atoms. The zero-order chi connectivity index (χ0) is 14.9. The van der Waals surface area contributed by atoms with Crippen LogP contribution in [0.3, 0.4) is 0 Å². The van der Waals surface area contributed by atoms with Crippen molar-refractivity contribution in [2.45, 2.75) is 4.90 Å². The van der Waals surface area contributed by atoms with E-state index in [9.17, 15) is 18.5 Å². The third-order valence-corrected chi connectivity index (χ3v) is 5.11. The number of nitro benzene ring substituents is 1. The highest BCUT2D eigenvalue weighted by Crippen LogP contribution is 2.28. The number of halogens is 2. The summed E-state index contributed by atoms with van der Waals surface area (Å²) < 4.78 is 27.3. The van der Waals surface area contributed by atoms with E-state index in [1.165, 1.54) is 34.9 Å². The number of sulfonamides is 1. The SMILES string of the molecule is O=[N+]([O-])c1cc(Br)cc(S(=O)(=O)Nc2csc(Cl)c2)c1. The van der Waals surface area contributed by atoms with E-state index in [1.807, 2.05) is 0 Å². The van der Waals surface area contributed by atoms with Crippen LogP contribution in [0.25, 0.3) is 0 Å². The second-order valence-electron chi connectivity index (χ2n) is 3.65. The zero-order valence-corrected chi connectivity index (χ0v) is 13.5. The topological polar surface area (TPSA) is 89.3 Å². The van der Waals surface area contributed by atoms with E-state index in [2.05, 4.69) is 20.7 Å². The Morgan fingerprint density at radius 1 is 1.30 bits per heavy atom. The molecule has 6 nitrogen and oxygen atoms in total. The Labute approximate surface area is 131 Å². The van der Waals surface area contributed by atoms with Crippen LogP contribution in [0.4, 0.5) is 11.4 Å². The molecule has 10 heteroatoms. The molecule has 0 saturated carbocycles. The summed E-state index contributed by atoms with van der Waals surface area (Å²) in [7, 11) is -3.91. The first-order valence-electron chi connectivity index (χ1n) is 5.00. The average molecular weight is 398 g/mol. The fourth-order valence-corrected chi connectivity index (χ4v) is 4.01. The van der Waals surface area contributed by atoms with Gasteiger partial charge in [-0.1, -0.05) is 27.5 Å². The van der Waals surface area contributed by atoms with E-state index >= 15 is 0 Å². The molecule has 0 fully saturated rings.